The van der Waals surface area contributed by atoms with Crippen LogP contribution in [-0.2, 0) is 0 Å². The molecule has 1 N–H and O–H groups in total. The zero-order valence-corrected chi connectivity index (χ0v) is 11.1. The quantitative estimate of drug-likeness (QED) is 0.816. The maximum Gasteiger partial charge on any atom is 0.0351 e. The first-order valence-electron chi connectivity index (χ1n) is 6.30. The summed E-state index contributed by atoms with van der Waals surface area (Å²) in [6, 6.07) is 2.88. The number of hydrogen-bond acceptors (Lipinski definition) is 1. The topological polar surface area (TPSA) is 12.0 Å². The largest absolute Gasteiger partial charge is 0.313 e. The lowest BCUT2D eigenvalue weighted by Gasteiger charge is -2.23. The zero-order valence-electron chi connectivity index (χ0n) is 11.1. The average molecular weight is 217 g/mol. The number of nitrogens with one attached hydrogen (secondary N) is 1. The van der Waals surface area contributed by atoms with E-state index in [2.05, 4.69) is 46.1 Å². The van der Waals surface area contributed by atoms with Crippen molar-refractivity contribution in [2.45, 2.75) is 46.6 Å². The van der Waals surface area contributed by atoms with Crippen molar-refractivity contribution in [1.82, 2.24) is 5.32 Å². The summed E-state index contributed by atoms with van der Waals surface area (Å²) >= 11 is 0. The van der Waals surface area contributed by atoms with Crippen molar-refractivity contribution in [3.8, 4) is 0 Å². The Morgan fingerprint density at radius 1 is 1.06 bits per heavy atom. The molecule has 1 aromatic rings. The Labute approximate surface area is 99.3 Å². The van der Waals surface area contributed by atoms with Gasteiger partial charge in [0.05, 0.1) is 0 Å². The summed E-state index contributed by atoms with van der Waals surface area (Å²) in [6.07, 6.45) is 2.77. The molecule has 1 atom stereocenters. The van der Waals surface area contributed by atoms with Crippen LogP contribution in [0.15, 0.2) is 6.07 Å². The molecule has 1 fully saturated rings. The molecule has 1 aliphatic rings. The van der Waals surface area contributed by atoms with Gasteiger partial charge in [-0.15, -0.1) is 0 Å². The van der Waals surface area contributed by atoms with Crippen LogP contribution in [0.4, 0.5) is 0 Å². The van der Waals surface area contributed by atoms with Crippen LogP contribution in [0.25, 0.3) is 0 Å². The van der Waals surface area contributed by atoms with Gasteiger partial charge in [0.25, 0.3) is 0 Å². The van der Waals surface area contributed by atoms with Gasteiger partial charge in [-0.2, -0.15) is 0 Å². The van der Waals surface area contributed by atoms with Gasteiger partial charge in [0.1, 0.15) is 0 Å². The Kier molecular flexibility index (Phi) is 3.07. The van der Waals surface area contributed by atoms with Crippen LogP contribution >= 0.6 is 0 Å². The zero-order chi connectivity index (χ0) is 11.9. The van der Waals surface area contributed by atoms with Crippen molar-refractivity contribution < 1.29 is 0 Å². The maximum absolute atomic E-state index is 3.52. The van der Waals surface area contributed by atoms with Gasteiger partial charge in [-0.3, -0.25) is 0 Å². The lowest BCUT2D eigenvalue weighted by atomic mass is 9.88. The molecule has 1 aromatic carbocycles. The fraction of sp³-hybridized carbons (Fsp3) is 0.600. The van der Waals surface area contributed by atoms with Crippen LogP contribution in [-0.4, -0.2) is 7.05 Å². The monoisotopic (exact) mass is 217 g/mol. The average Bonchev–Trinajstić information content (AvgIpc) is 3.05. The highest BCUT2D eigenvalue weighted by atomic mass is 14.9. The second-order valence-corrected chi connectivity index (χ2v) is 5.28. The van der Waals surface area contributed by atoms with Crippen LogP contribution in [0.3, 0.4) is 0 Å². The summed E-state index contributed by atoms with van der Waals surface area (Å²) in [4.78, 5) is 0. The summed E-state index contributed by atoms with van der Waals surface area (Å²) in [7, 11) is 2.10. The van der Waals surface area contributed by atoms with E-state index in [1.54, 1.807) is 5.56 Å². The molecule has 16 heavy (non-hydrogen) atoms. The van der Waals surface area contributed by atoms with Gasteiger partial charge in [0, 0.05) is 6.04 Å². The first kappa shape index (κ1) is 11.7. The summed E-state index contributed by atoms with van der Waals surface area (Å²) in [5.74, 6) is 0.864. The third-order valence-electron chi connectivity index (χ3n) is 4.14. The van der Waals surface area contributed by atoms with E-state index in [0.29, 0.717) is 6.04 Å². The second-order valence-electron chi connectivity index (χ2n) is 5.28. The summed E-state index contributed by atoms with van der Waals surface area (Å²) in [5, 5.41) is 3.52. The van der Waals surface area contributed by atoms with Crippen molar-refractivity contribution in [3.05, 3.63) is 33.9 Å². The van der Waals surface area contributed by atoms with Crippen molar-refractivity contribution >= 4 is 0 Å². The third kappa shape index (κ3) is 1.89. The Hall–Kier alpha value is -0.820. The minimum atomic E-state index is 0.568. The Balaban J connectivity index is 2.52. The van der Waals surface area contributed by atoms with Crippen molar-refractivity contribution in [2.75, 3.05) is 7.05 Å². The molecule has 0 amide bonds. The highest BCUT2D eigenvalue weighted by Gasteiger charge is 2.33. The predicted octanol–water partition coefficient (Wildman–Crippen LogP) is 3.59. The normalized spacial score (nSPS) is 17.6. The molecule has 1 nitrogen and oxygen atoms in total. The highest BCUT2D eigenvalue weighted by molar-refractivity contribution is 5.46. The van der Waals surface area contributed by atoms with Crippen LogP contribution < -0.4 is 5.32 Å². The molecule has 0 radical (unpaired) electrons. The number of aryl methyl sites for hydroxylation is 2. The predicted molar refractivity (Wildman–Crippen MR) is 69.9 cm³/mol. The molecule has 0 saturated heterocycles. The lowest BCUT2D eigenvalue weighted by Crippen LogP contribution is -2.21. The van der Waals surface area contributed by atoms with E-state index < -0.39 is 0 Å². The van der Waals surface area contributed by atoms with Gasteiger partial charge in [0.15, 0.2) is 0 Å². The minimum absolute atomic E-state index is 0.568. The fourth-order valence-electron chi connectivity index (χ4n) is 2.76. The Bertz CT molecular complexity index is 376. The van der Waals surface area contributed by atoms with Crippen molar-refractivity contribution in [2.24, 2.45) is 5.92 Å². The standard InChI is InChI=1S/C15H23N/c1-9-8-10(2)12(4)14(11(9)3)15(16-5)13-6-7-13/h8,13,15-16H,6-7H2,1-5H3. The second kappa shape index (κ2) is 4.21. The molecular weight excluding hydrogens is 194 g/mol. The highest BCUT2D eigenvalue weighted by Crippen LogP contribution is 2.43. The summed E-state index contributed by atoms with van der Waals surface area (Å²) in [6.45, 7) is 8.99. The van der Waals surface area contributed by atoms with E-state index in [0.717, 1.165) is 5.92 Å². The molecule has 2 rings (SSSR count). The van der Waals surface area contributed by atoms with Gasteiger partial charge in [-0.05, 0) is 81.3 Å². The van der Waals surface area contributed by atoms with Crippen LogP contribution in [0, 0.1) is 33.6 Å². The van der Waals surface area contributed by atoms with Crippen LogP contribution in [0.2, 0.25) is 0 Å². The van der Waals surface area contributed by atoms with Crippen LogP contribution in [0.5, 0.6) is 0 Å². The Morgan fingerprint density at radius 3 is 1.94 bits per heavy atom. The van der Waals surface area contributed by atoms with Gasteiger partial charge in [0.2, 0.25) is 0 Å². The van der Waals surface area contributed by atoms with Gasteiger partial charge >= 0.3 is 0 Å². The number of rotatable bonds is 3. The first-order chi connectivity index (χ1) is 7.56. The molecule has 1 saturated carbocycles. The fourth-order valence-corrected chi connectivity index (χ4v) is 2.76. The Morgan fingerprint density at radius 2 is 1.56 bits per heavy atom. The molecule has 0 bridgehead atoms. The van der Waals surface area contributed by atoms with Gasteiger partial charge in [-0.1, -0.05) is 6.07 Å². The summed E-state index contributed by atoms with van der Waals surface area (Å²) < 4.78 is 0. The van der Waals surface area contributed by atoms with Gasteiger partial charge < -0.3 is 5.32 Å². The smallest absolute Gasteiger partial charge is 0.0351 e. The third-order valence-corrected chi connectivity index (χ3v) is 4.14. The molecular formula is C15H23N. The lowest BCUT2D eigenvalue weighted by molar-refractivity contribution is 0.523. The van der Waals surface area contributed by atoms with Gasteiger partial charge in [-0.25, -0.2) is 0 Å². The molecule has 0 aromatic heterocycles. The molecule has 1 unspecified atom stereocenters. The van der Waals surface area contributed by atoms with E-state index >= 15 is 0 Å². The van der Waals surface area contributed by atoms with E-state index in [1.807, 2.05) is 0 Å². The molecule has 88 valence electrons. The molecule has 0 aliphatic heterocycles. The summed E-state index contributed by atoms with van der Waals surface area (Å²) in [5.41, 5.74) is 7.38. The van der Waals surface area contributed by atoms with E-state index in [-0.39, 0.29) is 0 Å². The SMILES string of the molecule is CNC(c1c(C)c(C)cc(C)c1C)C1CC1. The van der Waals surface area contributed by atoms with E-state index in [1.165, 1.54) is 35.1 Å². The van der Waals surface area contributed by atoms with Crippen molar-refractivity contribution in [3.63, 3.8) is 0 Å². The minimum Gasteiger partial charge on any atom is -0.313 e. The first-order valence-corrected chi connectivity index (χ1v) is 6.30. The van der Waals surface area contributed by atoms with Crippen molar-refractivity contribution in [1.29, 1.82) is 0 Å². The maximum atomic E-state index is 3.52. The van der Waals surface area contributed by atoms with E-state index in [9.17, 15) is 0 Å². The van der Waals surface area contributed by atoms with Crippen LogP contribution in [0.1, 0.15) is 46.7 Å². The molecule has 0 heterocycles. The molecule has 0 spiro atoms. The number of benzene rings is 1. The number of hydrogen-bond donors (Lipinski definition) is 1. The van der Waals surface area contributed by atoms with E-state index in [4.69, 9.17) is 0 Å². The molecule has 1 heteroatoms. The molecule has 1 aliphatic carbocycles.